The fraction of sp³-hybridized carbons (Fsp3) is 0.333. The van der Waals surface area contributed by atoms with Crippen LogP contribution in [0.15, 0.2) is 46.9 Å². The van der Waals surface area contributed by atoms with Crippen molar-refractivity contribution >= 4 is 15.9 Å². The van der Waals surface area contributed by atoms with E-state index in [9.17, 15) is 5.11 Å². The molecule has 0 radical (unpaired) electrons. The molecule has 2 aromatic carbocycles. The van der Waals surface area contributed by atoms with Gasteiger partial charge in [0.05, 0.1) is 11.1 Å². The van der Waals surface area contributed by atoms with Gasteiger partial charge < -0.3 is 9.84 Å². The molecule has 2 aromatic rings. The van der Waals surface area contributed by atoms with Gasteiger partial charge in [-0.1, -0.05) is 44.2 Å². The summed E-state index contributed by atoms with van der Waals surface area (Å²) in [5.74, 6) is 0.814. The summed E-state index contributed by atoms with van der Waals surface area (Å²) in [4.78, 5) is 0. The normalized spacial score (nSPS) is 12.2. The van der Waals surface area contributed by atoms with Gasteiger partial charge in [-0.25, -0.2) is 0 Å². The van der Waals surface area contributed by atoms with Crippen molar-refractivity contribution in [2.24, 2.45) is 0 Å². The minimum absolute atomic E-state index is 0.618. The van der Waals surface area contributed by atoms with Gasteiger partial charge in [-0.15, -0.1) is 0 Å². The Kier molecular flexibility index (Phi) is 5.83. The van der Waals surface area contributed by atoms with Crippen LogP contribution in [-0.2, 0) is 6.42 Å². The van der Waals surface area contributed by atoms with Crippen molar-refractivity contribution in [3.8, 4) is 5.75 Å². The smallest absolute Gasteiger partial charge is 0.133 e. The summed E-state index contributed by atoms with van der Waals surface area (Å²) in [6.07, 6.45) is 1.36. The van der Waals surface area contributed by atoms with Crippen LogP contribution in [0.25, 0.3) is 0 Å². The van der Waals surface area contributed by atoms with Gasteiger partial charge in [-0.05, 0) is 57.6 Å². The van der Waals surface area contributed by atoms with Crippen LogP contribution >= 0.6 is 15.9 Å². The molecule has 1 atom stereocenters. The molecule has 0 aliphatic heterocycles. The summed E-state index contributed by atoms with van der Waals surface area (Å²) >= 11 is 3.50. The van der Waals surface area contributed by atoms with E-state index in [1.54, 1.807) is 0 Å². The Morgan fingerprint density at radius 2 is 1.71 bits per heavy atom. The van der Waals surface area contributed by atoms with Gasteiger partial charge in [0.1, 0.15) is 11.9 Å². The topological polar surface area (TPSA) is 29.5 Å². The van der Waals surface area contributed by atoms with E-state index in [1.807, 2.05) is 30.3 Å². The molecule has 0 fully saturated rings. The second-order valence-electron chi connectivity index (χ2n) is 5.04. The lowest BCUT2D eigenvalue weighted by Crippen LogP contribution is -2.01. The highest BCUT2D eigenvalue weighted by atomic mass is 79.9. The van der Waals surface area contributed by atoms with Crippen molar-refractivity contribution in [2.45, 2.75) is 32.8 Å². The molecule has 1 N–H and O–H groups in total. The minimum atomic E-state index is -0.618. The molecule has 112 valence electrons. The monoisotopic (exact) mass is 348 g/mol. The number of hydrogen-bond acceptors (Lipinski definition) is 2. The first-order valence-electron chi connectivity index (χ1n) is 7.34. The highest BCUT2D eigenvalue weighted by Gasteiger charge is 2.12. The Morgan fingerprint density at radius 3 is 2.29 bits per heavy atom. The van der Waals surface area contributed by atoms with Gasteiger partial charge in [-0.3, -0.25) is 0 Å². The number of aliphatic hydroxyl groups excluding tert-OH is 1. The summed E-state index contributed by atoms with van der Waals surface area (Å²) in [6, 6.07) is 13.8. The van der Waals surface area contributed by atoms with Gasteiger partial charge in [0.15, 0.2) is 0 Å². The molecular weight excluding hydrogens is 328 g/mol. The first-order chi connectivity index (χ1) is 10.2. The van der Waals surface area contributed by atoms with Crippen LogP contribution in [0.5, 0.6) is 5.75 Å². The van der Waals surface area contributed by atoms with E-state index >= 15 is 0 Å². The zero-order valence-corrected chi connectivity index (χ0v) is 14.1. The second kappa shape index (κ2) is 7.62. The number of rotatable bonds is 6. The predicted octanol–water partition coefficient (Wildman–Crippen LogP) is 4.88. The molecule has 0 amide bonds. The molecule has 2 nitrogen and oxygen atoms in total. The molecule has 2 rings (SSSR count). The van der Waals surface area contributed by atoms with E-state index < -0.39 is 6.10 Å². The zero-order chi connectivity index (χ0) is 15.2. The number of benzene rings is 2. The Bertz CT molecular complexity index is 578. The molecule has 21 heavy (non-hydrogen) atoms. The number of halogens is 1. The quantitative estimate of drug-likeness (QED) is 0.805. The summed E-state index contributed by atoms with van der Waals surface area (Å²) in [5.41, 5.74) is 3.03. The second-order valence-corrected chi connectivity index (χ2v) is 5.89. The van der Waals surface area contributed by atoms with Crippen molar-refractivity contribution in [2.75, 3.05) is 6.61 Å². The molecule has 0 saturated heterocycles. The Labute approximate surface area is 134 Å². The molecule has 3 heteroatoms. The summed E-state index contributed by atoms with van der Waals surface area (Å²) in [7, 11) is 0. The lowest BCUT2D eigenvalue weighted by atomic mass is 10.00. The maximum Gasteiger partial charge on any atom is 0.133 e. The minimum Gasteiger partial charge on any atom is -0.492 e. The van der Waals surface area contributed by atoms with E-state index in [0.717, 1.165) is 34.2 Å². The average Bonchev–Trinajstić information content (AvgIpc) is 2.53. The lowest BCUT2D eigenvalue weighted by molar-refractivity contribution is 0.220. The lowest BCUT2D eigenvalue weighted by Gasteiger charge is -2.14. The standard InChI is InChI=1S/C18H21BrO2/c1-3-11-21-17-10-9-15(12-16(17)19)18(20)14-7-5-13(4-2)6-8-14/h5-10,12,18,20H,3-4,11H2,1-2H3. The van der Waals surface area contributed by atoms with E-state index in [-0.39, 0.29) is 0 Å². The number of hydrogen-bond donors (Lipinski definition) is 1. The van der Waals surface area contributed by atoms with Crippen LogP contribution in [0.2, 0.25) is 0 Å². The Balaban J connectivity index is 2.18. The maximum absolute atomic E-state index is 10.5. The van der Waals surface area contributed by atoms with E-state index in [0.29, 0.717) is 6.61 Å². The highest BCUT2D eigenvalue weighted by Crippen LogP contribution is 2.31. The third kappa shape index (κ3) is 4.08. The molecule has 0 aliphatic carbocycles. The van der Waals surface area contributed by atoms with Crippen LogP contribution in [0.1, 0.15) is 43.1 Å². The summed E-state index contributed by atoms with van der Waals surface area (Å²) < 4.78 is 6.50. The molecule has 0 heterocycles. The van der Waals surface area contributed by atoms with Gasteiger partial charge in [0, 0.05) is 0 Å². The average molecular weight is 349 g/mol. The predicted molar refractivity (Wildman–Crippen MR) is 89.8 cm³/mol. The first kappa shape index (κ1) is 16.1. The molecule has 0 spiro atoms. The molecule has 0 aliphatic rings. The summed E-state index contributed by atoms with van der Waals surface area (Å²) in [5, 5.41) is 10.5. The third-order valence-electron chi connectivity index (χ3n) is 3.44. The van der Waals surface area contributed by atoms with Crippen molar-refractivity contribution < 1.29 is 9.84 Å². The third-order valence-corrected chi connectivity index (χ3v) is 4.06. The van der Waals surface area contributed by atoms with Crippen molar-refractivity contribution in [3.05, 3.63) is 63.6 Å². The van der Waals surface area contributed by atoms with E-state index in [1.165, 1.54) is 5.56 Å². The van der Waals surface area contributed by atoms with Crippen molar-refractivity contribution in [1.82, 2.24) is 0 Å². The first-order valence-corrected chi connectivity index (χ1v) is 8.14. The number of aliphatic hydroxyl groups is 1. The fourth-order valence-electron chi connectivity index (χ4n) is 2.14. The molecule has 0 saturated carbocycles. The van der Waals surface area contributed by atoms with Crippen molar-refractivity contribution in [1.29, 1.82) is 0 Å². The van der Waals surface area contributed by atoms with E-state index in [4.69, 9.17) is 4.74 Å². The number of aryl methyl sites for hydroxylation is 1. The van der Waals surface area contributed by atoms with Crippen LogP contribution in [0.3, 0.4) is 0 Å². The zero-order valence-electron chi connectivity index (χ0n) is 12.5. The highest BCUT2D eigenvalue weighted by molar-refractivity contribution is 9.10. The van der Waals surface area contributed by atoms with Crippen LogP contribution in [0.4, 0.5) is 0 Å². The van der Waals surface area contributed by atoms with Crippen LogP contribution < -0.4 is 4.74 Å². The molecule has 0 aromatic heterocycles. The summed E-state index contributed by atoms with van der Waals surface area (Å²) in [6.45, 7) is 4.89. The Hall–Kier alpha value is -1.32. The van der Waals surface area contributed by atoms with Gasteiger partial charge >= 0.3 is 0 Å². The van der Waals surface area contributed by atoms with Gasteiger partial charge in [-0.2, -0.15) is 0 Å². The molecular formula is C18H21BrO2. The van der Waals surface area contributed by atoms with Crippen molar-refractivity contribution in [3.63, 3.8) is 0 Å². The molecule has 0 bridgehead atoms. The van der Waals surface area contributed by atoms with Crippen LogP contribution in [0, 0.1) is 0 Å². The maximum atomic E-state index is 10.5. The van der Waals surface area contributed by atoms with Gasteiger partial charge in [0.25, 0.3) is 0 Å². The number of ether oxygens (including phenoxy) is 1. The SMILES string of the molecule is CCCOc1ccc(C(O)c2ccc(CC)cc2)cc1Br. The van der Waals surface area contributed by atoms with Gasteiger partial charge in [0.2, 0.25) is 0 Å². The fourth-order valence-corrected chi connectivity index (χ4v) is 2.66. The van der Waals surface area contributed by atoms with E-state index in [2.05, 4.69) is 41.9 Å². The largest absolute Gasteiger partial charge is 0.492 e. The molecule has 1 unspecified atom stereocenters. The Morgan fingerprint density at radius 1 is 1.05 bits per heavy atom. The van der Waals surface area contributed by atoms with Crippen LogP contribution in [-0.4, -0.2) is 11.7 Å².